The van der Waals surface area contributed by atoms with Gasteiger partial charge in [-0.15, -0.1) is 0 Å². The molecule has 7 nitrogen and oxygen atoms in total. The molecule has 0 radical (unpaired) electrons. The van der Waals surface area contributed by atoms with Crippen molar-refractivity contribution >= 4 is 11.6 Å². The van der Waals surface area contributed by atoms with Gasteiger partial charge < -0.3 is 9.84 Å². The highest BCUT2D eigenvalue weighted by molar-refractivity contribution is 6.02. The van der Waals surface area contributed by atoms with Crippen LogP contribution in [0.4, 0.5) is 5.69 Å². The SMILES string of the molecule is CCCc1cc(C(=O)Nc2ccc(-c3noc(C(C)(C)C)n3)cc2)n[nH]1. The molecule has 1 aromatic carbocycles. The van der Waals surface area contributed by atoms with Crippen LogP contribution in [-0.4, -0.2) is 26.2 Å². The van der Waals surface area contributed by atoms with Gasteiger partial charge in [-0.25, -0.2) is 0 Å². The molecule has 2 aromatic heterocycles. The van der Waals surface area contributed by atoms with Crippen molar-refractivity contribution in [3.8, 4) is 11.4 Å². The van der Waals surface area contributed by atoms with Gasteiger partial charge >= 0.3 is 0 Å². The second kappa shape index (κ2) is 7.11. The van der Waals surface area contributed by atoms with Crippen LogP contribution in [0.15, 0.2) is 34.9 Å². The molecule has 3 rings (SSSR count). The quantitative estimate of drug-likeness (QED) is 0.723. The van der Waals surface area contributed by atoms with Gasteiger partial charge in [0, 0.05) is 22.4 Å². The first-order valence-corrected chi connectivity index (χ1v) is 8.67. The van der Waals surface area contributed by atoms with Gasteiger partial charge in [-0.3, -0.25) is 9.89 Å². The maximum atomic E-state index is 12.3. The summed E-state index contributed by atoms with van der Waals surface area (Å²) in [5, 5.41) is 13.8. The normalized spacial score (nSPS) is 11.5. The summed E-state index contributed by atoms with van der Waals surface area (Å²) in [5.41, 5.74) is 2.65. The van der Waals surface area contributed by atoms with Crippen LogP contribution in [0.1, 0.15) is 56.2 Å². The number of nitrogens with zero attached hydrogens (tertiary/aromatic N) is 3. The topological polar surface area (TPSA) is 96.7 Å². The van der Waals surface area contributed by atoms with E-state index in [1.54, 1.807) is 18.2 Å². The standard InChI is InChI=1S/C19H23N5O2/c1-5-6-14-11-15(23-22-14)17(25)20-13-9-7-12(8-10-13)16-21-18(26-24-16)19(2,3)4/h7-11H,5-6H2,1-4H3,(H,20,25)(H,22,23). The van der Waals surface area contributed by atoms with Crippen LogP contribution in [0.3, 0.4) is 0 Å². The Labute approximate surface area is 152 Å². The van der Waals surface area contributed by atoms with Gasteiger partial charge in [0.1, 0.15) is 0 Å². The first-order valence-electron chi connectivity index (χ1n) is 8.67. The minimum absolute atomic E-state index is 0.195. The third-order valence-corrected chi connectivity index (χ3v) is 3.85. The summed E-state index contributed by atoms with van der Waals surface area (Å²) in [6.07, 6.45) is 1.87. The van der Waals surface area contributed by atoms with Crippen molar-refractivity contribution in [2.45, 2.75) is 46.0 Å². The molecule has 136 valence electrons. The van der Waals surface area contributed by atoms with E-state index < -0.39 is 0 Å². The lowest BCUT2D eigenvalue weighted by Crippen LogP contribution is -2.12. The largest absolute Gasteiger partial charge is 0.338 e. The van der Waals surface area contributed by atoms with E-state index in [-0.39, 0.29) is 11.3 Å². The highest BCUT2D eigenvalue weighted by Gasteiger charge is 2.22. The fourth-order valence-corrected chi connectivity index (χ4v) is 2.42. The van der Waals surface area contributed by atoms with Crippen LogP contribution in [-0.2, 0) is 11.8 Å². The van der Waals surface area contributed by atoms with E-state index in [0.29, 0.717) is 23.1 Å². The van der Waals surface area contributed by atoms with Crippen molar-refractivity contribution in [2.24, 2.45) is 0 Å². The highest BCUT2D eigenvalue weighted by atomic mass is 16.5. The molecule has 1 amide bonds. The van der Waals surface area contributed by atoms with Crippen LogP contribution in [0.2, 0.25) is 0 Å². The Morgan fingerprint density at radius 1 is 1.23 bits per heavy atom. The van der Waals surface area contributed by atoms with Gasteiger partial charge in [0.15, 0.2) is 5.69 Å². The van der Waals surface area contributed by atoms with Gasteiger partial charge in [-0.2, -0.15) is 10.1 Å². The van der Waals surface area contributed by atoms with Crippen molar-refractivity contribution in [1.82, 2.24) is 20.3 Å². The van der Waals surface area contributed by atoms with Gasteiger partial charge in [0.05, 0.1) is 0 Å². The van der Waals surface area contributed by atoms with Crippen molar-refractivity contribution < 1.29 is 9.32 Å². The van der Waals surface area contributed by atoms with E-state index in [9.17, 15) is 4.79 Å². The number of carbonyl (C=O) groups excluding carboxylic acids is 1. The third kappa shape index (κ3) is 3.99. The molecule has 0 aliphatic rings. The van der Waals surface area contributed by atoms with Crippen LogP contribution < -0.4 is 5.32 Å². The molecule has 0 unspecified atom stereocenters. The summed E-state index contributed by atoms with van der Waals surface area (Å²) in [6.45, 7) is 8.13. The number of benzene rings is 1. The van der Waals surface area contributed by atoms with Gasteiger partial charge in [-0.05, 0) is 36.8 Å². The zero-order chi connectivity index (χ0) is 18.7. The molecule has 0 saturated heterocycles. The maximum Gasteiger partial charge on any atom is 0.276 e. The molecule has 0 atom stereocenters. The number of aryl methyl sites for hydroxylation is 1. The minimum Gasteiger partial charge on any atom is -0.338 e. The number of H-pyrrole nitrogens is 1. The fourth-order valence-electron chi connectivity index (χ4n) is 2.42. The monoisotopic (exact) mass is 353 g/mol. The van der Waals surface area contributed by atoms with Crippen LogP contribution in [0.5, 0.6) is 0 Å². The van der Waals surface area contributed by atoms with Crippen molar-refractivity contribution in [2.75, 3.05) is 5.32 Å². The number of hydrogen-bond donors (Lipinski definition) is 2. The molecule has 0 spiro atoms. The average molecular weight is 353 g/mol. The molecule has 0 bridgehead atoms. The molecular formula is C19H23N5O2. The zero-order valence-electron chi connectivity index (χ0n) is 15.5. The second-order valence-electron chi connectivity index (χ2n) is 7.23. The zero-order valence-corrected chi connectivity index (χ0v) is 15.5. The number of nitrogens with one attached hydrogen (secondary N) is 2. The lowest BCUT2D eigenvalue weighted by molar-refractivity contribution is 0.102. The van der Waals surface area contributed by atoms with Crippen molar-refractivity contribution in [1.29, 1.82) is 0 Å². The molecule has 3 aromatic rings. The lowest BCUT2D eigenvalue weighted by atomic mass is 9.97. The summed E-state index contributed by atoms with van der Waals surface area (Å²) in [5.74, 6) is 0.876. The van der Waals surface area contributed by atoms with Gasteiger partial charge in [0.2, 0.25) is 11.7 Å². The third-order valence-electron chi connectivity index (χ3n) is 3.85. The Bertz CT molecular complexity index is 887. The van der Waals surface area contributed by atoms with Crippen molar-refractivity contribution in [3.05, 3.63) is 47.6 Å². The van der Waals surface area contributed by atoms with E-state index in [4.69, 9.17) is 4.52 Å². The minimum atomic E-state index is -0.245. The van der Waals surface area contributed by atoms with E-state index in [1.807, 2.05) is 32.9 Å². The Balaban J connectivity index is 1.69. The summed E-state index contributed by atoms with van der Waals surface area (Å²) >= 11 is 0. The Kier molecular flexibility index (Phi) is 4.88. The molecule has 0 saturated carbocycles. The predicted octanol–water partition coefficient (Wildman–Crippen LogP) is 3.96. The van der Waals surface area contributed by atoms with Gasteiger partial charge in [-0.1, -0.05) is 39.3 Å². The lowest BCUT2D eigenvalue weighted by Gasteiger charge is -2.10. The Hall–Kier alpha value is -2.96. The van der Waals surface area contributed by atoms with E-state index >= 15 is 0 Å². The number of amides is 1. The fraction of sp³-hybridized carbons (Fsp3) is 0.368. The molecular weight excluding hydrogens is 330 g/mol. The molecule has 0 aliphatic carbocycles. The number of rotatable bonds is 5. The summed E-state index contributed by atoms with van der Waals surface area (Å²) in [7, 11) is 0. The first kappa shape index (κ1) is 17.8. The number of aromatic amines is 1. The van der Waals surface area contributed by atoms with Crippen molar-refractivity contribution in [3.63, 3.8) is 0 Å². The predicted molar refractivity (Wildman–Crippen MR) is 99.0 cm³/mol. The van der Waals surface area contributed by atoms with Crippen LogP contribution in [0.25, 0.3) is 11.4 Å². The second-order valence-corrected chi connectivity index (χ2v) is 7.23. The molecule has 0 fully saturated rings. The number of anilines is 1. The summed E-state index contributed by atoms with van der Waals surface area (Å²) < 4.78 is 5.32. The average Bonchev–Trinajstić information content (AvgIpc) is 3.25. The molecule has 2 heterocycles. The van der Waals surface area contributed by atoms with E-state index in [2.05, 4.69) is 32.6 Å². The number of hydrogen-bond acceptors (Lipinski definition) is 5. The number of carbonyl (C=O) groups is 1. The first-order chi connectivity index (χ1) is 12.4. The van der Waals surface area contributed by atoms with E-state index in [1.165, 1.54) is 0 Å². The van der Waals surface area contributed by atoms with Crippen LogP contribution in [0, 0.1) is 0 Å². The van der Waals surface area contributed by atoms with Gasteiger partial charge in [0.25, 0.3) is 5.91 Å². The Morgan fingerprint density at radius 2 is 1.96 bits per heavy atom. The highest BCUT2D eigenvalue weighted by Crippen LogP contribution is 2.24. The molecule has 2 N–H and O–H groups in total. The molecule has 26 heavy (non-hydrogen) atoms. The van der Waals surface area contributed by atoms with Crippen LogP contribution >= 0.6 is 0 Å². The smallest absolute Gasteiger partial charge is 0.276 e. The summed E-state index contributed by atoms with van der Waals surface area (Å²) in [6, 6.07) is 9.08. The molecule has 0 aliphatic heterocycles. The Morgan fingerprint density at radius 3 is 2.58 bits per heavy atom. The van der Waals surface area contributed by atoms with E-state index in [0.717, 1.165) is 24.1 Å². The maximum absolute atomic E-state index is 12.3. The molecule has 7 heteroatoms. The number of aromatic nitrogens is 4. The summed E-state index contributed by atoms with van der Waals surface area (Å²) in [4.78, 5) is 16.7.